The van der Waals surface area contributed by atoms with Crippen molar-refractivity contribution in [3.8, 4) is 5.75 Å². The number of nitrogens with zero attached hydrogens (tertiary/aromatic N) is 2. The minimum absolute atomic E-state index is 0.0350. The van der Waals surface area contributed by atoms with E-state index in [1.807, 2.05) is 0 Å². The van der Waals surface area contributed by atoms with Gasteiger partial charge in [0.1, 0.15) is 17.9 Å². The van der Waals surface area contributed by atoms with Gasteiger partial charge in [0.15, 0.2) is 5.82 Å². The fourth-order valence-corrected chi connectivity index (χ4v) is 2.68. The quantitative estimate of drug-likeness (QED) is 0.605. The summed E-state index contributed by atoms with van der Waals surface area (Å²) in [5.74, 6) is -0.385. The molecule has 0 amide bonds. The topological polar surface area (TPSA) is 47.0 Å². The summed E-state index contributed by atoms with van der Waals surface area (Å²) in [6, 6.07) is 7.36. The number of alkyl halides is 2. The van der Waals surface area contributed by atoms with Gasteiger partial charge in [-0.25, -0.2) is 14.4 Å². The third-order valence-corrected chi connectivity index (χ3v) is 4.02. The number of anilines is 2. The molecule has 3 rings (SSSR count). The van der Waals surface area contributed by atoms with Crippen LogP contribution in [0.4, 0.5) is 24.7 Å². The van der Waals surface area contributed by atoms with Gasteiger partial charge in [-0.1, -0.05) is 17.7 Å². The van der Waals surface area contributed by atoms with Gasteiger partial charge in [-0.05, 0) is 34.1 Å². The molecule has 0 radical (unpaired) electrons. The second kappa shape index (κ2) is 6.82. The molecule has 0 saturated heterocycles. The summed E-state index contributed by atoms with van der Waals surface area (Å²) in [7, 11) is 0. The minimum atomic E-state index is -2.96. The van der Waals surface area contributed by atoms with Crippen LogP contribution in [-0.2, 0) is 0 Å². The van der Waals surface area contributed by atoms with Crippen molar-refractivity contribution in [2.45, 2.75) is 6.61 Å². The van der Waals surface area contributed by atoms with E-state index in [9.17, 15) is 13.2 Å². The van der Waals surface area contributed by atoms with Crippen LogP contribution < -0.4 is 10.1 Å². The fraction of sp³-hybridized carbons (Fsp3) is 0.0667. The van der Waals surface area contributed by atoms with Crippen molar-refractivity contribution in [1.29, 1.82) is 0 Å². The van der Waals surface area contributed by atoms with Crippen LogP contribution >= 0.6 is 27.5 Å². The lowest BCUT2D eigenvalue weighted by atomic mass is 10.2. The van der Waals surface area contributed by atoms with Gasteiger partial charge >= 0.3 is 6.61 Å². The van der Waals surface area contributed by atoms with E-state index in [0.717, 1.165) is 0 Å². The Hall–Kier alpha value is -2.06. The van der Waals surface area contributed by atoms with E-state index in [4.69, 9.17) is 11.6 Å². The molecule has 0 aliphatic rings. The maximum atomic E-state index is 14.0. The zero-order valence-electron chi connectivity index (χ0n) is 11.7. The Morgan fingerprint density at radius 1 is 1.21 bits per heavy atom. The molecule has 4 nitrogen and oxygen atoms in total. The van der Waals surface area contributed by atoms with Crippen molar-refractivity contribution in [1.82, 2.24) is 9.97 Å². The Labute approximate surface area is 147 Å². The second-order valence-corrected chi connectivity index (χ2v) is 5.89. The lowest BCUT2D eigenvalue weighted by molar-refractivity contribution is -0.0502. The average Bonchev–Trinajstić information content (AvgIpc) is 2.53. The van der Waals surface area contributed by atoms with Crippen molar-refractivity contribution in [3.63, 3.8) is 0 Å². The van der Waals surface area contributed by atoms with Crippen molar-refractivity contribution in [3.05, 3.63) is 52.0 Å². The van der Waals surface area contributed by atoms with E-state index >= 15 is 0 Å². The van der Waals surface area contributed by atoms with Crippen LogP contribution in [0.1, 0.15) is 0 Å². The monoisotopic (exact) mass is 417 g/mol. The van der Waals surface area contributed by atoms with E-state index in [1.165, 1.54) is 30.6 Å². The highest BCUT2D eigenvalue weighted by Gasteiger charge is 2.14. The van der Waals surface area contributed by atoms with Crippen molar-refractivity contribution in [2.24, 2.45) is 0 Å². The van der Waals surface area contributed by atoms with Gasteiger partial charge in [-0.15, -0.1) is 0 Å². The number of hydrogen-bond acceptors (Lipinski definition) is 4. The number of rotatable bonds is 4. The zero-order valence-corrected chi connectivity index (χ0v) is 14.1. The van der Waals surface area contributed by atoms with Gasteiger partial charge in [0.2, 0.25) is 0 Å². The number of nitrogens with one attached hydrogen (secondary N) is 1. The maximum Gasteiger partial charge on any atom is 0.387 e. The summed E-state index contributed by atoms with van der Waals surface area (Å²) in [5.41, 5.74) is 0.486. The number of hydrogen-bond donors (Lipinski definition) is 1. The molecule has 1 N–H and O–H groups in total. The van der Waals surface area contributed by atoms with Gasteiger partial charge in [-0.3, -0.25) is 0 Å². The highest BCUT2D eigenvalue weighted by Crippen LogP contribution is 2.34. The molecule has 0 aliphatic heterocycles. The van der Waals surface area contributed by atoms with Crippen LogP contribution in [0.25, 0.3) is 10.9 Å². The molecule has 0 atom stereocenters. The Morgan fingerprint density at radius 2 is 2.00 bits per heavy atom. The number of aromatic nitrogens is 2. The first-order chi connectivity index (χ1) is 11.5. The summed E-state index contributed by atoms with van der Waals surface area (Å²) in [4.78, 5) is 8.08. The Bertz CT molecular complexity index is 911. The average molecular weight is 419 g/mol. The second-order valence-electron chi connectivity index (χ2n) is 4.63. The van der Waals surface area contributed by atoms with Crippen molar-refractivity contribution < 1.29 is 17.9 Å². The Morgan fingerprint density at radius 3 is 2.75 bits per heavy atom. The normalized spacial score (nSPS) is 11.1. The van der Waals surface area contributed by atoms with Crippen molar-refractivity contribution >= 4 is 49.9 Å². The van der Waals surface area contributed by atoms with Crippen LogP contribution in [0, 0.1) is 5.82 Å². The molecule has 0 saturated carbocycles. The molecule has 1 heterocycles. The predicted molar refractivity (Wildman–Crippen MR) is 88.6 cm³/mol. The van der Waals surface area contributed by atoms with Gasteiger partial charge in [0, 0.05) is 11.5 Å². The SMILES string of the molecule is Fc1c(Cl)cccc1Nc1ncnc2cc(OC(F)F)c(Br)cc12. The van der Waals surface area contributed by atoms with E-state index in [2.05, 4.69) is 36.0 Å². The first-order valence-electron chi connectivity index (χ1n) is 6.56. The van der Waals surface area contributed by atoms with Gasteiger partial charge in [-0.2, -0.15) is 8.78 Å². The molecule has 0 spiro atoms. The maximum absolute atomic E-state index is 14.0. The molecule has 9 heteroatoms. The minimum Gasteiger partial charge on any atom is -0.434 e. The molecule has 0 bridgehead atoms. The molecule has 24 heavy (non-hydrogen) atoms. The molecule has 124 valence electrons. The smallest absolute Gasteiger partial charge is 0.387 e. The molecule has 2 aromatic carbocycles. The predicted octanol–water partition coefficient (Wildman–Crippen LogP) is 5.53. The summed E-state index contributed by atoms with van der Waals surface area (Å²) < 4.78 is 43.5. The Kier molecular flexibility index (Phi) is 4.77. The van der Waals surface area contributed by atoms with Gasteiger partial charge in [0.25, 0.3) is 0 Å². The van der Waals surface area contributed by atoms with E-state index in [-0.39, 0.29) is 16.5 Å². The highest BCUT2D eigenvalue weighted by molar-refractivity contribution is 9.10. The zero-order chi connectivity index (χ0) is 17.3. The van der Waals surface area contributed by atoms with E-state index in [0.29, 0.717) is 21.2 Å². The summed E-state index contributed by atoms with van der Waals surface area (Å²) in [5, 5.41) is 3.28. The molecule has 0 fully saturated rings. The van der Waals surface area contributed by atoms with Crippen LogP contribution in [0.3, 0.4) is 0 Å². The van der Waals surface area contributed by atoms with Gasteiger partial charge in [0.05, 0.1) is 20.7 Å². The Balaban J connectivity index is 2.06. The van der Waals surface area contributed by atoms with Crippen LogP contribution in [0.5, 0.6) is 5.75 Å². The fourth-order valence-electron chi connectivity index (χ4n) is 2.07. The first-order valence-corrected chi connectivity index (χ1v) is 7.73. The highest BCUT2D eigenvalue weighted by atomic mass is 79.9. The molecular weight excluding hydrogens is 411 g/mol. The summed E-state index contributed by atoms with van der Waals surface area (Å²) >= 11 is 8.90. The number of benzene rings is 2. The number of ether oxygens (including phenoxy) is 1. The lowest BCUT2D eigenvalue weighted by Crippen LogP contribution is -2.03. The van der Waals surface area contributed by atoms with Crippen LogP contribution in [0.15, 0.2) is 41.1 Å². The number of halogens is 5. The van der Waals surface area contributed by atoms with Crippen molar-refractivity contribution in [2.75, 3.05) is 5.32 Å². The molecule has 1 aromatic heterocycles. The van der Waals surface area contributed by atoms with E-state index < -0.39 is 12.4 Å². The van der Waals surface area contributed by atoms with Gasteiger partial charge < -0.3 is 10.1 Å². The summed E-state index contributed by atoms with van der Waals surface area (Å²) in [6.07, 6.45) is 1.23. The molecule has 0 unspecified atom stereocenters. The molecular formula is C15H8BrClF3N3O. The van der Waals surface area contributed by atoms with Crippen LogP contribution in [0.2, 0.25) is 5.02 Å². The molecule has 3 aromatic rings. The first kappa shape index (κ1) is 16.8. The number of fused-ring (bicyclic) bond motifs is 1. The standard InChI is InChI=1S/C15H8BrClF3N3O/c16-8-4-7-11(5-12(8)24-15(19)20)21-6-22-14(7)23-10-3-1-2-9(17)13(10)18/h1-6,15H,(H,21,22,23). The third-order valence-electron chi connectivity index (χ3n) is 3.11. The molecule has 0 aliphatic carbocycles. The lowest BCUT2D eigenvalue weighted by Gasteiger charge is -2.12. The third kappa shape index (κ3) is 3.39. The largest absolute Gasteiger partial charge is 0.434 e. The summed E-state index contributed by atoms with van der Waals surface area (Å²) in [6.45, 7) is -2.96. The van der Waals surface area contributed by atoms with E-state index in [1.54, 1.807) is 6.07 Å². The van der Waals surface area contributed by atoms with Crippen LogP contribution in [-0.4, -0.2) is 16.6 Å².